The molecule has 2 aromatic carbocycles. The van der Waals surface area contributed by atoms with Gasteiger partial charge in [0.05, 0.1) is 0 Å². The molecule has 0 aliphatic heterocycles. The molecule has 0 aliphatic carbocycles. The van der Waals surface area contributed by atoms with Crippen molar-refractivity contribution >= 4 is 0 Å². The lowest BCUT2D eigenvalue weighted by molar-refractivity contribution is 0.474. The van der Waals surface area contributed by atoms with Crippen molar-refractivity contribution < 1.29 is 10.2 Å². The summed E-state index contributed by atoms with van der Waals surface area (Å²) in [5, 5.41) is 18.5. The summed E-state index contributed by atoms with van der Waals surface area (Å²) in [6.07, 6.45) is 11.2. The molecule has 2 heteroatoms. The molecule has 0 heterocycles. The molecular weight excluding hydrogens is 284 g/mol. The number of benzene rings is 2. The Kier molecular flexibility index (Phi) is 7.51. The summed E-state index contributed by atoms with van der Waals surface area (Å²) < 4.78 is 0. The molecule has 2 rings (SSSR count). The summed E-state index contributed by atoms with van der Waals surface area (Å²) >= 11 is 0. The number of phenolic OH excluding ortho intramolecular Hbond substituents is 2. The lowest BCUT2D eigenvalue weighted by Crippen LogP contribution is -1.87. The van der Waals surface area contributed by atoms with E-state index < -0.39 is 0 Å². The van der Waals surface area contributed by atoms with E-state index in [9.17, 15) is 10.2 Å². The van der Waals surface area contributed by atoms with Crippen LogP contribution < -0.4 is 0 Å². The molecule has 0 radical (unpaired) electrons. The molecule has 0 saturated heterocycles. The van der Waals surface area contributed by atoms with E-state index in [0.29, 0.717) is 11.5 Å². The first-order valence-electron chi connectivity index (χ1n) is 8.80. The van der Waals surface area contributed by atoms with Crippen LogP contribution in [0.5, 0.6) is 11.5 Å². The highest BCUT2D eigenvalue weighted by atomic mass is 16.3. The maximum absolute atomic E-state index is 9.24. The number of phenols is 2. The summed E-state index contributed by atoms with van der Waals surface area (Å²) in [5.41, 5.74) is 2.63. The molecule has 0 saturated carbocycles. The average molecular weight is 312 g/mol. The van der Waals surface area contributed by atoms with Crippen LogP contribution in [-0.4, -0.2) is 10.2 Å². The zero-order chi connectivity index (χ0) is 16.3. The molecule has 2 nitrogen and oxygen atoms in total. The Morgan fingerprint density at radius 1 is 0.435 bits per heavy atom. The molecule has 0 spiro atoms. The van der Waals surface area contributed by atoms with Gasteiger partial charge in [-0.3, -0.25) is 0 Å². The smallest absolute Gasteiger partial charge is 0.115 e. The third kappa shape index (κ3) is 7.23. The molecular formula is C21H28O2. The van der Waals surface area contributed by atoms with E-state index in [-0.39, 0.29) is 0 Å². The van der Waals surface area contributed by atoms with Crippen molar-refractivity contribution in [2.45, 2.75) is 57.8 Å². The predicted molar refractivity (Wildman–Crippen MR) is 95.9 cm³/mol. The van der Waals surface area contributed by atoms with Crippen LogP contribution in [0.2, 0.25) is 0 Å². The van der Waals surface area contributed by atoms with E-state index in [4.69, 9.17) is 0 Å². The number of hydrogen-bond acceptors (Lipinski definition) is 2. The van der Waals surface area contributed by atoms with Gasteiger partial charge in [-0.25, -0.2) is 0 Å². The second-order valence-electron chi connectivity index (χ2n) is 6.31. The van der Waals surface area contributed by atoms with Crippen LogP contribution >= 0.6 is 0 Å². The van der Waals surface area contributed by atoms with E-state index in [2.05, 4.69) is 0 Å². The molecule has 0 bridgehead atoms. The van der Waals surface area contributed by atoms with Gasteiger partial charge in [-0.2, -0.15) is 0 Å². The fourth-order valence-electron chi connectivity index (χ4n) is 2.87. The average Bonchev–Trinajstić information content (AvgIpc) is 2.56. The zero-order valence-corrected chi connectivity index (χ0v) is 13.9. The molecule has 2 aromatic rings. The highest BCUT2D eigenvalue weighted by molar-refractivity contribution is 5.26. The van der Waals surface area contributed by atoms with Crippen LogP contribution in [0.15, 0.2) is 48.5 Å². The Morgan fingerprint density at radius 2 is 0.739 bits per heavy atom. The van der Waals surface area contributed by atoms with Gasteiger partial charge in [0.1, 0.15) is 11.5 Å². The zero-order valence-electron chi connectivity index (χ0n) is 13.9. The van der Waals surface area contributed by atoms with Gasteiger partial charge in [0.25, 0.3) is 0 Å². The van der Waals surface area contributed by atoms with Gasteiger partial charge < -0.3 is 10.2 Å². The van der Waals surface area contributed by atoms with Gasteiger partial charge in [-0.05, 0) is 61.1 Å². The monoisotopic (exact) mass is 312 g/mol. The minimum atomic E-state index is 0.348. The summed E-state index contributed by atoms with van der Waals surface area (Å²) in [4.78, 5) is 0. The predicted octanol–water partition coefficient (Wildman–Crippen LogP) is 5.61. The Bertz CT molecular complexity index is 492. The van der Waals surface area contributed by atoms with Gasteiger partial charge >= 0.3 is 0 Å². The lowest BCUT2D eigenvalue weighted by Gasteiger charge is -2.04. The van der Waals surface area contributed by atoms with Gasteiger partial charge in [0, 0.05) is 0 Å². The molecule has 0 atom stereocenters. The van der Waals surface area contributed by atoms with Crippen molar-refractivity contribution in [3.63, 3.8) is 0 Å². The van der Waals surface area contributed by atoms with Gasteiger partial charge in [-0.1, -0.05) is 56.4 Å². The van der Waals surface area contributed by atoms with E-state index in [1.54, 1.807) is 24.3 Å². The van der Waals surface area contributed by atoms with Gasteiger partial charge in [-0.15, -0.1) is 0 Å². The van der Waals surface area contributed by atoms with Crippen molar-refractivity contribution in [2.75, 3.05) is 0 Å². The van der Waals surface area contributed by atoms with Crippen molar-refractivity contribution in [2.24, 2.45) is 0 Å². The summed E-state index contributed by atoms with van der Waals surface area (Å²) in [7, 11) is 0. The molecule has 2 N–H and O–H groups in total. The highest BCUT2D eigenvalue weighted by Crippen LogP contribution is 2.15. The first-order chi connectivity index (χ1) is 11.2. The van der Waals surface area contributed by atoms with E-state index in [1.165, 1.54) is 56.1 Å². The van der Waals surface area contributed by atoms with Crippen molar-refractivity contribution in [1.29, 1.82) is 0 Å². The minimum Gasteiger partial charge on any atom is -0.508 e. The number of aryl methyl sites for hydroxylation is 2. The van der Waals surface area contributed by atoms with Crippen LogP contribution in [0.1, 0.15) is 56.1 Å². The van der Waals surface area contributed by atoms with Crippen LogP contribution in [0.3, 0.4) is 0 Å². The van der Waals surface area contributed by atoms with E-state index in [0.717, 1.165) is 12.8 Å². The summed E-state index contributed by atoms with van der Waals surface area (Å²) in [6, 6.07) is 15.1. The fourth-order valence-corrected chi connectivity index (χ4v) is 2.87. The Balaban J connectivity index is 1.43. The van der Waals surface area contributed by atoms with Crippen molar-refractivity contribution in [3.05, 3.63) is 59.7 Å². The minimum absolute atomic E-state index is 0.348. The van der Waals surface area contributed by atoms with Gasteiger partial charge in [0.15, 0.2) is 0 Å². The van der Waals surface area contributed by atoms with Crippen LogP contribution in [0, 0.1) is 0 Å². The molecule has 124 valence electrons. The normalized spacial score (nSPS) is 10.8. The number of rotatable bonds is 10. The fraction of sp³-hybridized carbons (Fsp3) is 0.429. The lowest BCUT2D eigenvalue weighted by atomic mass is 10.0. The molecule has 0 aromatic heterocycles. The summed E-state index contributed by atoms with van der Waals surface area (Å²) in [5.74, 6) is 0.696. The molecule has 0 unspecified atom stereocenters. The Labute approximate surface area is 139 Å². The van der Waals surface area contributed by atoms with Crippen LogP contribution in [0.25, 0.3) is 0 Å². The highest BCUT2D eigenvalue weighted by Gasteiger charge is 1.97. The van der Waals surface area contributed by atoms with E-state index in [1.807, 2.05) is 24.3 Å². The Morgan fingerprint density at radius 3 is 1.09 bits per heavy atom. The maximum atomic E-state index is 9.24. The number of aromatic hydroxyl groups is 2. The van der Waals surface area contributed by atoms with Gasteiger partial charge in [0.2, 0.25) is 0 Å². The molecule has 0 aliphatic rings. The van der Waals surface area contributed by atoms with E-state index >= 15 is 0 Å². The van der Waals surface area contributed by atoms with Crippen molar-refractivity contribution in [1.82, 2.24) is 0 Å². The van der Waals surface area contributed by atoms with Crippen LogP contribution in [-0.2, 0) is 12.8 Å². The number of hydrogen-bond donors (Lipinski definition) is 2. The molecule has 0 amide bonds. The first-order valence-corrected chi connectivity index (χ1v) is 8.80. The second kappa shape index (κ2) is 9.94. The third-order valence-electron chi connectivity index (χ3n) is 4.30. The quantitative estimate of drug-likeness (QED) is 0.559. The standard InChI is InChI=1S/C21H28O2/c22-20-14-10-18(11-15-20)8-6-4-2-1-3-5-7-9-19-12-16-21(23)17-13-19/h10-17,22-23H,1-9H2. The number of unbranched alkanes of at least 4 members (excludes halogenated alkanes) is 6. The second-order valence-corrected chi connectivity index (χ2v) is 6.31. The first kappa shape index (κ1) is 17.4. The largest absolute Gasteiger partial charge is 0.508 e. The van der Waals surface area contributed by atoms with Crippen LogP contribution in [0.4, 0.5) is 0 Å². The SMILES string of the molecule is Oc1ccc(CCCCCCCCCc2ccc(O)cc2)cc1. The Hall–Kier alpha value is -1.96. The molecule has 0 fully saturated rings. The molecule has 23 heavy (non-hydrogen) atoms. The van der Waals surface area contributed by atoms with Crippen molar-refractivity contribution in [3.8, 4) is 11.5 Å². The third-order valence-corrected chi connectivity index (χ3v) is 4.30. The topological polar surface area (TPSA) is 40.5 Å². The summed E-state index contributed by atoms with van der Waals surface area (Å²) in [6.45, 7) is 0. The maximum Gasteiger partial charge on any atom is 0.115 e.